The van der Waals surface area contributed by atoms with Gasteiger partial charge in [-0.15, -0.1) is 0 Å². The Balaban J connectivity index is 3.78. The third-order valence-corrected chi connectivity index (χ3v) is 2.82. The van der Waals surface area contributed by atoms with Gasteiger partial charge in [-0.1, -0.05) is 26.7 Å². The van der Waals surface area contributed by atoms with Gasteiger partial charge in [0.25, 0.3) is 0 Å². The van der Waals surface area contributed by atoms with E-state index in [0.29, 0.717) is 6.61 Å². The van der Waals surface area contributed by atoms with Crippen molar-refractivity contribution in [1.82, 2.24) is 10.6 Å². The van der Waals surface area contributed by atoms with Gasteiger partial charge in [0.15, 0.2) is 0 Å². The van der Waals surface area contributed by atoms with Crippen LogP contribution in [0, 0.1) is 0 Å². The third-order valence-electron chi connectivity index (χ3n) is 2.82. The molecule has 0 aliphatic rings. The van der Waals surface area contributed by atoms with Crippen molar-refractivity contribution >= 4 is 5.91 Å². The fraction of sp³-hybridized carbons (Fsp3) is 0.923. The molecule has 0 rings (SSSR count). The molecule has 0 radical (unpaired) electrons. The normalized spacial score (nSPS) is 14.4. The summed E-state index contributed by atoms with van der Waals surface area (Å²) in [5.41, 5.74) is 0. The number of hydrogen-bond acceptors (Lipinski definition) is 3. The highest BCUT2D eigenvalue weighted by molar-refractivity contribution is 5.81. The summed E-state index contributed by atoms with van der Waals surface area (Å²) in [6, 6.07) is 0.0909. The topological polar surface area (TPSA) is 50.4 Å². The second-order valence-corrected chi connectivity index (χ2v) is 4.45. The summed E-state index contributed by atoms with van der Waals surface area (Å²) in [5, 5.41) is 6.22. The lowest BCUT2D eigenvalue weighted by Gasteiger charge is -2.21. The molecule has 4 heteroatoms. The fourth-order valence-electron chi connectivity index (χ4n) is 1.65. The average molecular weight is 244 g/mol. The van der Waals surface area contributed by atoms with Crippen LogP contribution in [-0.4, -0.2) is 38.3 Å². The number of carbonyl (C=O) groups excluding carboxylic acids is 1. The summed E-state index contributed by atoms with van der Waals surface area (Å²) in [6.45, 7) is 7.56. The summed E-state index contributed by atoms with van der Waals surface area (Å²) < 4.78 is 5.09. The summed E-state index contributed by atoms with van der Waals surface area (Å²) in [6.07, 6.45) is 4.37. The van der Waals surface area contributed by atoms with Crippen molar-refractivity contribution in [3.8, 4) is 0 Å². The predicted molar refractivity (Wildman–Crippen MR) is 71.1 cm³/mol. The first-order chi connectivity index (χ1) is 8.15. The van der Waals surface area contributed by atoms with Gasteiger partial charge in [-0.25, -0.2) is 0 Å². The number of unbranched alkanes of at least 4 members (excludes halogenated alkanes) is 2. The van der Waals surface area contributed by atoms with Gasteiger partial charge in [-0.2, -0.15) is 0 Å². The molecule has 0 fully saturated rings. The summed E-state index contributed by atoms with van der Waals surface area (Å²) in [4.78, 5) is 11.7. The number of methoxy groups -OCH3 is 1. The molecule has 4 nitrogen and oxygen atoms in total. The maximum Gasteiger partial charge on any atom is 0.236 e. The number of amides is 1. The number of nitrogens with one attached hydrogen (secondary N) is 2. The van der Waals surface area contributed by atoms with Gasteiger partial charge in [-0.3, -0.25) is 4.79 Å². The molecule has 0 aromatic heterocycles. The van der Waals surface area contributed by atoms with Crippen LogP contribution < -0.4 is 10.6 Å². The van der Waals surface area contributed by atoms with E-state index in [4.69, 9.17) is 4.74 Å². The molecule has 17 heavy (non-hydrogen) atoms. The molecule has 0 saturated carbocycles. The Bertz CT molecular complexity index is 198. The molecule has 0 bridgehead atoms. The van der Waals surface area contributed by atoms with Crippen LogP contribution in [0.25, 0.3) is 0 Å². The minimum absolute atomic E-state index is 0.0793. The van der Waals surface area contributed by atoms with Crippen molar-refractivity contribution in [2.24, 2.45) is 0 Å². The van der Waals surface area contributed by atoms with Crippen LogP contribution in [-0.2, 0) is 9.53 Å². The molecule has 0 heterocycles. The van der Waals surface area contributed by atoms with E-state index in [1.165, 1.54) is 12.8 Å². The second kappa shape index (κ2) is 10.5. The lowest BCUT2D eigenvalue weighted by molar-refractivity contribution is -0.123. The Morgan fingerprint density at radius 2 is 2.00 bits per heavy atom. The Kier molecular flexibility index (Phi) is 10.2. The van der Waals surface area contributed by atoms with Gasteiger partial charge in [0, 0.05) is 19.7 Å². The molecule has 0 saturated heterocycles. The molecule has 102 valence electrons. The molecule has 2 N–H and O–H groups in total. The first-order valence-electron chi connectivity index (χ1n) is 6.68. The van der Waals surface area contributed by atoms with Gasteiger partial charge in [0.1, 0.15) is 0 Å². The van der Waals surface area contributed by atoms with Crippen LogP contribution in [0.1, 0.15) is 46.5 Å². The van der Waals surface area contributed by atoms with Crippen LogP contribution in [0.15, 0.2) is 0 Å². The van der Waals surface area contributed by atoms with Crippen molar-refractivity contribution < 1.29 is 9.53 Å². The standard InChI is InChI=1S/C13H28N2O2/c1-5-7-8-9-14-13(16)11(3)15-12(6-2)10-17-4/h11-12,15H,5-10H2,1-4H3,(H,14,16). The summed E-state index contributed by atoms with van der Waals surface area (Å²) >= 11 is 0. The quantitative estimate of drug-likeness (QED) is 0.575. The van der Waals surface area contributed by atoms with E-state index in [2.05, 4.69) is 24.5 Å². The van der Waals surface area contributed by atoms with Gasteiger partial charge >= 0.3 is 0 Å². The average Bonchev–Trinajstić information content (AvgIpc) is 2.33. The number of carbonyl (C=O) groups is 1. The highest BCUT2D eigenvalue weighted by atomic mass is 16.5. The van der Waals surface area contributed by atoms with Crippen LogP contribution in [0.4, 0.5) is 0 Å². The number of ether oxygens (including phenoxy) is 1. The predicted octanol–water partition coefficient (Wildman–Crippen LogP) is 1.70. The van der Waals surface area contributed by atoms with Gasteiger partial charge in [0.05, 0.1) is 12.6 Å². The molecule has 1 amide bonds. The molecule has 0 aromatic rings. The van der Waals surface area contributed by atoms with Crippen LogP contribution in [0.3, 0.4) is 0 Å². The van der Waals surface area contributed by atoms with Crippen molar-refractivity contribution in [3.05, 3.63) is 0 Å². The Labute approximate surface area is 105 Å². The fourth-order valence-corrected chi connectivity index (χ4v) is 1.65. The lowest BCUT2D eigenvalue weighted by Crippen LogP contribution is -2.48. The molecule has 2 unspecified atom stereocenters. The Morgan fingerprint density at radius 1 is 1.29 bits per heavy atom. The second-order valence-electron chi connectivity index (χ2n) is 4.45. The molecule has 0 aliphatic carbocycles. The maximum atomic E-state index is 11.7. The molecule has 0 aliphatic heterocycles. The third kappa shape index (κ3) is 8.16. The van der Waals surface area contributed by atoms with E-state index in [1.807, 2.05) is 6.92 Å². The Hall–Kier alpha value is -0.610. The largest absolute Gasteiger partial charge is 0.383 e. The van der Waals surface area contributed by atoms with Crippen LogP contribution >= 0.6 is 0 Å². The van der Waals surface area contributed by atoms with Crippen molar-refractivity contribution in [1.29, 1.82) is 0 Å². The number of rotatable bonds is 10. The van der Waals surface area contributed by atoms with E-state index < -0.39 is 0 Å². The molecule has 0 aromatic carbocycles. The number of hydrogen-bond donors (Lipinski definition) is 2. The van der Waals surface area contributed by atoms with E-state index >= 15 is 0 Å². The summed E-state index contributed by atoms with van der Waals surface area (Å²) in [5.74, 6) is 0.0793. The molecule has 2 atom stereocenters. The van der Waals surface area contributed by atoms with Crippen molar-refractivity contribution in [2.75, 3.05) is 20.3 Å². The molecular weight excluding hydrogens is 216 g/mol. The minimum Gasteiger partial charge on any atom is -0.383 e. The minimum atomic E-state index is -0.156. The highest BCUT2D eigenvalue weighted by Gasteiger charge is 2.15. The zero-order valence-corrected chi connectivity index (χ0v) is 11.7. The smallest absolute Gasteiger partial charge is 0.236 e. The monoisotopic (exact) mass is 244 g/mol. The SMILES string of the molecule is CCCCCNC(=O)C(C)NC(CC)COC. The first-order valence-corrected chi connectivity index (χ1v) is 6.68. The van der Waals surface area contributed by atoms with E-state index in [0.717, 1.165) is 19.4 Å². The molecule has 0 spiro atoms. The van der Waals surface area contributed by atoms with Gasteiger partial charge < -0.3 is 15.4 Å². The van der Waals surface area contributed by atoms with Crippen molar-refractivity contribution in [3.63, 3.8) is 0 Å². The zero-order valence-electron chi connectivity index (χ0n) is 11.7. The van der Waals surface area contributed by atoms with Gasteiger partial charge in [-0.05, 0) is 19.8 Å². The first kappa shape index (κ1) is 16.4. The summed E-state index contributed by atoms with van der Waals surface area (Å²) in [7, 11) is 1.68. The zero-order chi connectivity index (χ0) is 13.1. The Morgan fingerprint density at radius 3 is 2.53 bits per heavy atom. The lowest BCUT2D eigenvalue weighted by atomic mass is 10.2. The maximum absolute atomic E-state index is 11.7. The van der Waals surface area contributed by atoms with Crippen molar-refractivity contribution in [2.45, 2.75) is 58.5 Å². The van der Waals surface area contributed by atoms with E-state index in [9.17, 15) is 4.79 Å². The van der Waals surface area contributed by atoms with E-state index in [-0.39, 0.29) is 18.0 Å². The highest BCUT2D eigenvalue weighted by Crippen LogP contribution is 1.96. The van der Waals surface area contributed by atoms with Crippen LogP contribution in [0.2, 0.25) is 0 Å². The van der Waals surface area contributed by atoms with Gasteiger partial charge in [0.2, 0.25) is 5.91 Å². The van der Waals surface area contributed by atoms with E-state index in [1.54, 1.807) is 7.11 Å². The molecular formula is C13H28N2O2. The van der Waals surface area contributed by atoms with Crippen LogP contribution in [0.5, 0.6) is 0 Å².